The molecule has 3 heteroatoms. The SMILES string of the molecule is CC#Cc1cccc(Oc2ccc(C(=O)c3ccc(Oc4cccc(C#Cc5ccccc5)c4)cc3)cc2)c1. The smallest absolute Gasteiger partial charge is 0.193 e. The summed E-state index contributed by atoms with van der Waals surface area (Å²) in [7, 11) is 0. The molecule has 0 unspecified atom stereocenters. The Bertz CT molecular complexity index is 1710. The number of hydrogen-bond donors (Lipinski definition) is 0. The van der Waals surface area contributed by atoms with Gasteiger partial charge in [0.05, 0.1) is 0 Å². The molecule has 186 valence electrons. The molecule has 3 nitrogen and oxygen atoms in total. The van der Waals surface area contributed by atoms with E-state index in [0.717, 1.165) is 16.7 Å². The van der Waals surface area contributed by atoms with Gasteiger partial charge in [-0.3, -0.25) is 4.79 Å². The number of carbonyl (C=O) groups excluding carboxylic acids is 1. The summed E-state index contributed by atoms with van der Waals surface area (Å²) in [6.07, 6.45) is 0. The Morgan fingerprint density at radius 1 is 0.487 bits per heavy atom. The number of benzene rings is 5. The molecular weight excluding hydrogens is 480 g/mol. The maximum atomic E-state index is 13.0. The summed E-state index contributed by atoms with van der Waals surface area (Å²) in [5.41, 5.74) is 3.85. The van der Waals surface area contributed by atoms with Gasteiger partial charge in [-0.15, -0.1) is 5.92 Å². The second-order valence-corrected chi connectivity index (χ2v) is 8.63. The van der Waals surface area contributed by atoms with Gasteiger partial charge in [-0.25, -0.2) is 0 Å². The molecule has 0 aliphatic carbocycles. The van der Waals surface area contributed by atoms with E-state index >= 15 is 0 Å². The molecular formula is C36H24O3. The normalized spacial score (nSPS) is 9.87. The summed E-state index contributed by atoms with van der Waals surface area (Å²) in [5.74, 6) is 14.8. The highest BCUT2D eigenvalue weighted by Crippen LogP contribution is 2.25. The van der Waals surface area contributed by atoms with Crippen molar-refractivity contribution in [3.8, 4) is 46.7 Å². The van der Waals surface area contributed by atoms with E-state index in [0.29, 0.717) is 34.1 Å². The van der Waals surface area contributed by atoms with Gasteiger partial charge in [-0.1, -0.05) is 48.1 Å². The van der Waals surface area contributed by atoms with Crippen LogP contribution in [0.15, 0.2) is 127 Å². The number of carbonyl (C=O) groups is 1. The average Bonchev–Trinajstić information content (AvgIpc) is 2.98. The molecule has 0 atom stereocenters. The molecule has 5 aromatic rings. The van der Waals surface area contributed by atoms with Crippen molar-refractivity contribution < 1.29 is 14.3 Å². The Morgan fingerprint density at radius 2 is 0.949 bits per heavy atom. The minimum absolute atomic E-state index is 0.0773. The quantitative estimate of drug-likeness (QED) is 0.172. The van der Waals surface area contributed by atoms with Crippen LogP contribution in [0.1, 0.15) is 39.5 Å². The van der Waals surface area contributed by atoms with Crippen LogP contribution in [0.5, 0.6) is 23.0 Å². The molecule has 5 rings (SSSR count). The van der Waals surface area contributed by atoms with Crippen LogP contribution in [0.3, 0.4) is 0 Å². The minimum Gasteiger partial charge on any atom is -0.457 e. The van der Waals surface area contributed by atoms with Crippen molar-refractivity contribution in [1.82, 2.24) is 0 Å². The lowest BCUT2D eigenvalue weighted by Crippen LogP contribution is -2.01. The third-order valence-electron chi connectivity index (χ3n) is 5.77. The molecule has 0 aromatic heterocycles. The van der Waals surface area contributed by atoms with Crippen LogP contribution >= 0.6 is 0 Å². The van der Waals surface area contributed by atoms with E-state index in [9.17, 15) is 4.79 Å². The van der Waals surface area contributed by atoms with Gasteiger partial charge in [-0.2, -0.15) is 0 Å². The molecule has 0 saturated heterocycles. The first-order valence-corrected chi connectivity index (χ1v) is 12.5. The summed E-state index contributed by atoms with van der Waals surface area (Å²) < 4.78 is 11.9. The van der Waals surface area contributed by atoms with Gasteiger partial charge >= 0.3 is 0 Å². The maximum absolute atomic E-state index is 13.0. The zero-order chi connectivity index (χ0) is 26.9. The first-order chi connectivity index (χ1) is 19.2. The Hall–Kier alpha value is -5.51. The fraction of sp³-hybridized carbons (Fsp3) is 0.0278. The fourth-order valence-electron chi connectivity index (χ4n) is 3.87. The first kappa shape index (κ1) is 25.2. The van der Waals surface area contributed by atoms with Crippen LogP contribution in [-0.4, -0.2) is 5.78 Å². The second-order valence-electron chi connectivity index (χ2n) is 8.63. The van der Waals surface area contributed by atoms with Gasteiger partial charge in [0, 0.05) is 27.8 Å². The Kier molecular flexibility index (Phi) is 7.84. The molecule has 0 spiro atoms. The van der Waals surface area contributed by atoms with Crippen molar-refractivity contribution in [2.24, 2.45) is 0 Å². The Labute approximate surface area is 228 Å². The van der Waals surface area contributed by atoms with Crippen molar-refractivity contribution in [2.45, 2.75) is 6.92 Å². The van der Waals surface area contributed by atoms with Gasteiger partial charge in [0.2, 0.25) is 0 Å². The van der Waals surface area contributed by atoms with Gasteiger partial charge in [-0.05, 0) is 104 Å². The van der Waals surface area contributed by atoms with E-state index in [1.54, 1.807) is 55.5 Å². The largest absolute Gasteiger partial charge is 0.457 e. The Morgan fingerprint density at radius 3 is 1.46 bits per heavy atom. The molecule has 0 aliphatic rings. The van der Waals surface area contributed by atoms with Crippen LogP contribution in [0, 0.1) is 23.7 Å². The highest BCUT2D eigenvalue weighted by molar-refractivity contribution is 6.09. The summed E-state index contributed by atoms with van der Waals surface area (Å²) in [6.45, 7) is 1.80. The van der Waals surface area contributed by atoms with Crippen LogP contribution < -0.4 is 9.47 Å². The van der Waals surface area contributed by atoms with Crippen LogP contribution in [0.4, 0.5) is 0 Å². The third kappa shape index (κ3) is 6.83. The predicted octanol–water partition coefficient (Wildman–Crippen LogP) is 8.27. The zero-order valence-electron chi connectivity index (χ0n) is 21.3. The lowest BCUT2D eigenvalue weighted by molar-refractivity contribution is 0.103. The van der Waals surface area contributed by atoms with Crippen molar-refractivity contribution >= 4 is 5.78 Å². The van der Waals surface area contributed by atoms with E-state index in [2.05, 4.69) is 23.7 Å². The molecule has 5 aromatic carbocycles. The molecule has 0 N–H and O–H groups in total. The maximum Gasteiger partial charge on any atom is 0.193 e. The van der Waals surface area contributed by atoms with Crippen LogP contribution in [0.25, 0.3) is 0 Å². The van der Waals surface area contributed by atoms with Crippen molar-refractivity contribution in [3.05, 3.63) is 155 Å². The standard InChI is InChI=1S/C36H24O3/c1-2-8-28-11-6-13-34(25-28)38-32-21-17-30(18-22-32)36(37)31-19-23-33(24-20-31)39-35-14-7-12-29(26-35)16-15-27-9-4-3-5-10-27/h3-7,9-14,17-26H,1H3. The van der Waals surface area contributed by atoms with Crippen LogP contribution in [-0.2, 0) is 0 Å². The summed E-state index contributed by atoms with van der Waals surface area (Å²) in [6, 6.07) is 39.3. The molecule has 0 radical (unpaired) electrons. The van der Waals surface area contributed by atoms with E-state index in [4.69, 9.17) is 9.47 Å². The highest BCUT2D eigenvalue weighted by atomic mass is 16.5. The summed E-state index contributed by atoms with van der Waals surface area (Å²) >= 11 is 0. The fourth-order valence-corrected chi connectivity index (χ4v) is 3.87. The number of ether oxygens (including phenoxy) is 2. The van der Waals surface area contributed by atoms with E-state index in [1.807, 2.05) is 78.9 Å². The van der Waals surface area contributed by atoms with Gasteiger partial charge in [0.15, 0.2) is 5.78 Å². The monoisotopic (exact) mass is 504 g/mol. The van der Waals surface area contributed by atoms with Crippen molar-refractivity contribution in [2.75, 3.05) is 0 Å². The van der Waals surface area contributed by atoms with E-state index < -0.39 is 0 Å². The minimum atomic E-state index is -0.0773. The predicted molar refractivity (Wildman–Crippen MR) is 154 cm³/mol. The molecule has 0 heterocycles. The highest BCUT2D eigenvalue weighted by Gasteiger charge is 2.10. The van der Waals surface area contributed by atoms with Crippen molar-refractivity contribution in [3.63, 3.8) is 0 Å². The van der Waals surface area contributed by atoms with E-state index in [1.165, 1.54) is 0 Å². The summed E-state index contributed by atoms with van der Waals surface area (Å²) in [4.78, 5) is 13.0. The second kappa shape index (κ2) is 12.2. The molecule has 0 saturated carbocycles. The number of ketones is 1. The third-order valence-corrected chi connectivity index (χ3v) is 5.77. The van der Waals surface area contributed by atoms with Gasteiger partial charge < -0.3 is 9.47 Å². The van der Waals surface area contributed by atoms with Crippen molar-refractivity contribution in [1.29, 1.82) is 0 Å². The lowest BCUT2D eigenvalue weighted by atomic mass is 10.0. The topological polar surface area (TPSA) is 35.5 Å². The average molecular weight is 505 g/mol. The zero-order valence-corrected chi connectivity index (χ0v) is 21.3. The van der Waals surface area contributed by atoms with Crippen LogP contribution in [0.2, 0.25) is 0 Å². The molecule has 0 fully saturated rings. The van der Waals surface area contributed by atoms with Gasteiger partial charge in [0.1, 0.15) is 23.0 Å². The molecule has 0 aliphatic heterocycles. The Balaban J connectivity index is 1.22. The van der Waals surface area contributed by atoms with Gasteiger partial charge in [0.25, 0.3) is 0 Å². The molecule has 39 heavy (non-hydrogen) atoms. The first-order valence-electron chi connectivity index (χ1n) is 12.5. The molecule has 0 amide bonds. The van der Waals surface area contributed by atoms with E-state index in [-0.39, 0.29) is 5.78 Å². The molecule has 0 bridgehead atoms. The summed E-state index contributed by atoms with van der Waals surface area (Å²) in [5, 5.41) is 0. The number of hydrogen-bond acceptors (Lipinski definition) is 3. The number of rotatable bonds is 6. The lowest BCUT2D eigenvalue weighted by Gasteiger charge is -2.08.